The van der Waals surface area contributed by atoms with Crippen LogP contribution in [0.3, 0.4) is 0 Å². The van der Waals surface area contributed by atoms with E-state index in [0.717, 1.165) is 0 Å². The molecule has 0 radical (unpaired) electrons. The Morgan fingerprint density at radius 1 is 1.18 bits per heavy atom. The molecule has 1 heterocycles. The molecular weight excluding hydrogens is 210 g/mol. The van der Waals surface area contributed by atoms with Crippen LogP contribution in [0, 0.1) is 0 Å². The van der Waals surface area contributed by atoms with Crippen LogP contribution in [0.5, 0.6) is 0 Å². The van der Waals surface area contributed by atoms with E-state index in [-0.39, 0.29) is 0 Å². The Morgan fingerprint density at radius 3 is 2.88 bits per heavy atom. The van der Waals surface area contributed by atoms with Crippen LogP contribution in [0.1, 0.15) is 56.0 Å². The number of imidazole rings is 1. The first-order valence-electron chi connectivity index (χ1n) is 7.12. The number of hydrogen-bond donors (Lipinski definition) is 1. The molecule has 0 amide bonds. The highest BCUT2D eigenvalue weighted by Gasteiger charge is 2.28. The number of aryl methyl sites for hydroxylation is 1. The molecule has 0 spiro atoms. The van der Waals surface area contributed by atoms with E-state index in [1.807, 2.05) is 0 Å². The second-order valence-electron chi connectivity index (χ2n) is 5.50. The van der Waals surface area contributed by atoms with Gasteiger partial charge in [-0.15, -0.1) is 0 Å². The summed E-state index contributed by atoms with van der Waals surface area (Å²) in [6.07, 6.45) is 12.6. The summed E-state index contributed by atoms with van der Waals surface area (Å²) in [5.74, 6) is 0. The van der Waals surface area contributed by atoms with Crippen LogP contribution in [0.15, 0.2) is 6.33 Å². The molecule has 17 heavy (non-hydrogen) atoms. The summed E-state index contributed by atoms with van der Waals surface area (Å²) < 4.78 is 2.49. The summed E-state index contributed by atoms with van der Waals surface area (Å²) in [5, 5.41) is 3.50. The number of nitrogens with one attached hydrogen (secondary N) is 1. The second-order valence-corrected chi connectivity index (χ2v) is 5.50. The Labute approximate surface area is 104 Å². The van der Waals surface area contributed by atoms with Crippen molar-refractivity contribution in [3.8, 4) is 0 Å². The largest absolute Gasteiger partial charge is 0.330 e. The van der Waals surface area contributed by atoms with E-state index in [2.05, 4.69) is 28.2 Å². The molecule has 2 atom stereocenters. The van der Waals surface area contributed by atoms with Gasteiger partial charge in [0.2, 0.25) is 0 Å². The van der Waals surface area contributed by atoms with Crippen LogP contribution < -0.4 is 5.32 Å². The summed E-state index contributed by atoms with van der Waals surface area (Å²) in [7, 11) is 2.10. The highest BCUT2D eigenvalue weighted by atomic mass is 15.1. The Morgan fingerprint density at radius 2 is 2.00 bits per heavy atom. The Hall–Kier alpha value is -0.830. The fraction of sp³-hybridized carbons (Fsp3) is 0.786. The van der Waals surface area contributed by atoms with Gasteiger partial charge in [-0.1, -0.05) is 12.8 Å². The monoisotopic (exact) mass is 233 g/mol. The topological polar surface area (TPSA) is 29.9 Å². The van der Waals surface area contributed by atoms with Gasteiger partial charge in [0, 0.05) is 11.7 Å². The van der Waals surface area contributed by atoms with Crippen LogP contribution in [-0.2, 0) is 12.8 Å². The number of aromatic nitrogens is 2. The van der Waals surface area contributed by atoms with Crippen molar-refractivity contribution >= 4 is 0 Å². The fourth-order valence-corrected chi connectivity index (χ4v) is 3.56. The van der Waals surface area contributed by atoms with Gasteiger partial charge in [0.1, 0.15) is 0 Å². The number of rotatable bonds is 2. The maximum Gasteiger partial charge on any atom is 0.0954 e. The van der Waals surface area contributed by atoms with Gasteiger partial charge < -0.3 is 9.88 Å². The first kappa shape index (κ1) is 11.3. The van der Waals surface area contributed by atoms with E-state index < -0.39 is 0 Å². The molecule has 0 aliphatic heterocycles. The fourth-order valence-electron chi connectivity index (χ4n) is 3.56. The summed E-state index contributed by atoms with van der Waals surface area (Å²) >= 11 is 0. The quantitative estimate of drug-likeness (QED) is 0.850. The number of nitrogens with zero attached hydrogens (tertiary/aromatic N) is 2. The SMILES string of the molecule is CNC1CCCCC1n1cnc2c1CCCC2. The zero-order valence-corrected chi connectivity index (χ0v) is 10.8. The van der Waals surface area contributed by atoms with Crippen molar-refractivity contribution in [3.05, 3.63) is 17.7 Å². The molecule has 1 saturated carbocycles. The number of likely N-dealkylation sites (N-methyl/N-ethyl adjacent to an activating group) is 1. The van der Waals surface area contributed by atoms with Gasteiger partial charge in [-0.2, -0.15) is 0 Å². The van der Waals surface area contributed by atoms with Gasteiger partial charge in [-0.05, 0) is 45.6 Å². The molecule has 1 N–H and O–H groups in total. The Kier molecular flexibility index (Phi) is 3.19. The first-order chi connectivity index (χ1) is 8.40. The highest BCUT2D eigenvalue weighted by molar-refractivity contribution is 5.18. The molecule has 2 aliphatic carbocycles. The second kappa shape index (κ2) is 4.81. The van der Waals surface area contributed by atoms with Crippen molar-refractivity contribution in [3.63, 3.8) is 0 Å². The summed E-state index contributed by atoms with van der Waals surface area (Å²) in [4.78, 5) is 4.64. The minimum Gasteiger partial charge on any atom is -0.330 e. The zero-order chi connectivity index (χ0) is 11.7. The minimum atomic E-state index is 0.642. The van der Waals surface area contributed by atoms with Gasteiger partial charge in [-0.3, -0.25) is 0 Å². The lowest BCUT2D eigenvalue weighted by atomic mass is 9.89. The summed E-state index contributed by atoms with van der Waals surface area (Å²) in [5.41, 5.74) is 2.90. The molecule has 3 nitrogen and oxygen atoms in total. The van der Waals surface area contributed by atoms with E-state index >= 15 is 0 Å². The molecule has 0 saturated heterocycles. The van der Waals surface area contributed by atoms with Gasteiger partial charge in [0.25, 0.3) is 0 Å². The standard InChI is InChI=1S/C14H23N3/c1-15-11-6-2-4-8-13(11)17-10-16-12-7-3-5-9-14(12)17/h10-11,13,15H,2-9H2,1H3. The van der Waals surface area contributed by atoms with Gasteiger partial charge >= 0.3 is 0 Å². The van der Waals surface area contributed by atoms with Gasteiger partial charge in [0.05, 0.1) is 18.1 Å². The highest BCUT2D eigenvalue weighted by Crippen LogP contribution is 2.32. The van der Waals surface area contributed by atoms with Crippen LogP contribution >= 0.6 is 0 Å². The smallest absolute Gasteiger partial charge is 0.0954 e. The zero-order valence-electron chi connectivity index (χ0n) is 10.8. The predicted octanol–water partition coefficient (Wildman–Crippen LogP) is 2.47. The Bertz CT molecular complexity index is 383. The molecule has 0 aromatic carbocycles. The lowest BCUT2D eigenvalue weighted by Crippen LogP contribution is -2.38. The van der Waals surface area contributed by atoms with E-state index in [9.17, 15) is 0 Å². The maximum absolute atomic E-state index is 4.64. The van der Waals surface area contributed by atoms with Gasteiger partial charge in [0.15, 0.2) is 0 Å². The molecule has 3 heteroatoms. The summed E-state index contributed by atoms with van der Waals surface area (Å²) in [6, 6.07) is 1.28. The van der Waals surface area contributed by atoms with Crippen LogP contribution in [0.4, 0.5) is 0 Å². The molecular formula is C14H23N3. The van der Waals surface area contributed by atoms with Crippen molar-refractivity contribution in [1.29, 1.82) is 0 Å². The van der Waals surface area contributed by atoms with E-state index in [0.29, 0.717) is 12.1 Å². The molecule has 2 aliphatic rings. The van der Waals surface area contributed by atoms with E-state index in [1.165, 1.54) is 62.8 Å². The average molecular weight is 233 g/mol. The molecule has 2 unspecified atom stereocenters. The molecule has 3 rings (SSSR count). The average Bonchev–Trinajstić information content (AvgIpc) is 2.82. The molecule has 1 fully saturated rings. The minimum absolute atomic E-state index is 0.642. The summed E-state index contributed by atoms with van der Waals surface area (Å²) in [6.45, 7) is 0. The van der Waals surface area contributed by atoms with Crippen molar-refractivity contribution in [1.82, 2.24) is 14.9 Å². The van der Waals surface area contributed by atoms with Crippen molar-refractivity contribution < 1.29 is 0 Å². The lowest BCUT2D eigenvalue weighted by Gasteiger charge is -2.33. The Balaban J connectivity index is 1.89. The van der Waals surface area contributed by atoms with E-state index in [1.54, 1.807) is 0 Å². The van der Waals surface area contributed by atoms with Gasteiger partial charge in [-0.25, -0.2) is 4.98 Å². The third kappa shape index (κ3) is 2.01. The van der Waals surface area contributed by atoms with Crippen LogP contribution in [0.2, 0.25) is 0 Å². The predicted molar refractivity (Wildman–Crippen MR) is 69.2 cm³/mol. The molecule has 1 aromatic heterocycles. The third-order valence-corrected chi connectivity index (χ3v) is 4.52. The number of hydrogen-bond acceptors (Lipinski definition) is 2. The van der Waals surface area contributed by atoms with Crippen molar-refractivity contribution in [2.24, 2.45) is 0 Å². The maximum atomic E-state index is 4.64. The van der Waals surface area contributed by atoms with Crippen LogP contribution in [-0.4, -0.2) is 22.6 Å². The third-order valence-electron chi connectivity index (χ3n) is 4.52. The first-order valence-corrected chi connectivity index (χ1v) is 7.12. The van der Waals surface area contributed by atoms with Crippen molar-refractivity contribution in [2.45, 2.75) is 63.5 Å². The number of fused-ring (bicyclic) bond motifs is 1. The van der Waals surface area contributed by atoms with Crippen LogP contribution in [0.25, 0.3) is 0 Å². The van der Waals surface area contributed by atoms with E-state index in [4.69, 9.17) is 0 Å². The van der Waals surface area contributed by atoms with Crippen molar-refractivity contribution in [2.75, 3.05) is 7.05 Å². The molecule has 0 bridgehead atoms. The molecule has 1 aromatic rings. The normalized spacial score (nSPS) is 29.0. The molecule has 94 valence electrons. The lowest BCUT2D eigenvalue weighted by molar-refractivity contribution is 0.268.